The molecule has 0 unspecified atom stereocenters. The monoisotopic (exact) mass is 342 g/mol. The number of amides is 2. The van der Waals surface area contributed by atoms with E-state index in [1.807, 2.05) is 0 Å². The van der Waals surface area contributed by atoms with Crippen molar-refractivity contribution >= 4 is 40.7 Å². The number of likely N-dealkylation sites (N-methyl/N-ethyl adjacent to an activating group) is 1. The first kappa shape index (κ1) is 16.2. The fourth-order valence-corrected chi connectivity index (χ4v) is 1.89. The van der Waals surface area contributed by atoms with Crippen LogP contribution in [0.4, 0.5) is 5.69 Å². The van der Waals surface area contributed by atoms with Gasteiger partial charge in [0.2, 0.25) is 11.8 Å². The molecule has 0 saturated heterocycles. The molecule has 0 aliphatic carbocycles. The standard InChI is InChI=1S/C12H12Cl2N6O2/c1-19(12(22)6-20-7-15-17-18-20)5-11(21)16-8-2-3-9(13)10(14)4-8/h2-4,7H,5-6H2,1H3,(H,16,21). The van der Waals surface area contributed by atoms with E-state index in [-0.39, 0.29) is 24.9 Å². The molecule has 0 bridgehead atoms. The quantitative estimate of drug-likeness (QED) is 0.877. The molecule has 2 rings (SSSR count). The molecule has 116 valence electrons. The number of carbonyl (C=O) groups excluding carboxylic acids is 2. The summed E-state index contributed by atoms with van der Waals surface area (Å²) in [6, 6.07) is 4.73. The van der Waals surface area contributed by atoms with Crippen molar-refractivity contribution in [1.82, 2.24) is 25.1 Å². The highest BCUT2D eigenvalue weighted by Crippen LogP contribution is 2.24. The van der Waals surface area contributed by atoms with Gasteiger partial charge in [-0.3, -0.25) is 9.59 Å². The van der Waals surface area contributed by atoms with Crippen LogP contribution in [-0.2, 0) is 16.1 Å². The van der Waals surface area contributed by atoms with Crippen molar-refractivity contribution in [2.24, 2.45) is 0 Å². The van der Waals surface area contributed by atoms with Crippen LogP contribution < -0.4 is 5.32 Å². The second-order valence-corrected chi connectivity index (χ2v) is 5.25. The van der Waals surface area contributed by atoms with Crippen LogP contribution in [0.25, 0.3) is 0 Å². The Kier molecular flexibility index (Phi) is 5.29. The van der Waals surface area contributed by atoms with Gasteiger partial charge < -0.3 is 10.2 Å². The van der Waals surface area contributed by atoms with Crippen molar-refractivity contribution < 1.29 is 9.59 Å². The van der Waals surface area contributed by atoms with Gasteiger partial charge in [-0.1, -0.05) is 23.2 Å². The Labute approximate surface area is 136 Å². The van der Waals surface area contributed by atoms with E-state index >= 15 is 0 Å². The predicted molar refractivity (Wildman–Crippen MR) is 80.5 cm³/mol. The van der Waals surface area contributed by atoms with E-state index < -0.39 is 0 Å². The zero-order valence-corrected chi connectivity index (χ0v) is 13.0. The van der Waals surface area contributed by atoms with E-state index in [4.69, 9.17) is 23.2 Å². The average Bonchev–Trinajstić information content (AvgIpc) is 2.95. The van der Waals surface area contributed by atoms with Gasteiger partial charge in [-0.2, -0.15) is 0 Å². The lowest BCUT2D eigenvalue weighted by atomic mass is 10.3. The van der Waals surface area contributed by atoms with E-state index in [2.05, 4.69) is 20.8 Å². The minimum Gasteiger partial charge on any atom is -0.335 e. The maximum Gasteiger partial charge on any atom is 0.244 e. The Bertz CT molecular complexity index is 676. The highest BCUT2D eigenvalue weighted by Gasteiger charge is 2.14. The van der Waals surface area contributed by atoms with Gasteiger partial charge >= 0.3 is 0 Å². The fourth-order valence-electron chi connectivity index (χ4n) is 1.59. The zero-order valence-electron chi connectivity index (χ0n) is 11.5. The first-order valence-corrected chi connectivity index (χ1v) is 6.91. The molecule has 1 aromatic heterocycles. The van der Waals surface area contributed by atoms with Crippen molar-refractivity contribution in [3.63, 3.8) is 0 Å². The molecule has 0 saturated carbocycles. The smallest absolute Gasteiger partial charge is 0.244 e. The molecule has 1 heterocycles. The molecule has 22 heavy (non-hydrogen) atoms. The predicted octanol–water partition coefficient (Wildman–Crippen LogP) is 1.08. The third kappa shape index (κ3) is 4.40. The summed E-state index contributed by atoms with van der Waals surface area (Å²) >= 11 is 11.7. The summed E-state index contributed by atoms with van der Waals surface area (Å²) in [5.74, 6) is -0.650. The van der Waals surface area contributed by atoms with Crippen LogP contribution in [0.15, 0.2) is 24.5 Å². The van der Waals surface area contributed by atoms with Gasteiger partial charge in [0.05, 0.1) is 16.6 Å². The van der Waals surface area contributed by atoms with Crippen LogP contribution >= 0.6 is 23.2 Å². The SMILES string of the molecule is CN(CC(=O)Nc1ccc(Cl)c(Cl)c1)C(=O)Cn1cnnn1. The van der Waals surface area contributed by atoms with Gasteiger partial charge in [0.25, 0.3) is 0 Å². The average molecular weight is 343 g/mol. The molecule has 0 radical (unpaired) electrons. The number of hydrogen-bond donors (Lipinski definition) is 1. The lowest BCUT2D eigenvalue weighted by Gasteiger charge is -2.16. The number of carbonyl (C=O) groups is 2. The molecular formula is C12H12Cl2N6O2. The van der Waals surface area contributed by atoms with Crippen molar-refractivity contribution in [2.45, 2.75) is 6.54 Å². The van der Waals surface area contributed by atoms with Crippen molar-refractivity contribution in [3.8, 4) is 0 Å². The number of aromatic nitrogens is 4. The molecule has 0 aliphatic heterocycles. The first-order chi connectivity index (χ1) is 10.5. The zero-order chi connectivity index (χ0) is 16.1. The Morgan fingerprint density at radius 3 is 2.73 bits per heavy atom. The molecule has 10 heteroatoms. The van der Waals surface area contributed by atoms with Crippen LogP contribution in [-0.4, -0.2) is 50.5 Å². The van der Waals surface area contributed by atoms with E-state index in [1.165, 1.54) is 29.0 Å². The summed E-state index contributed by atoms with van der Waals surface area (Å²) in [6.45, 7) is -0.148. The van der Waals surface area contributed by atoms with Gasteiger partial charge in [-0.15, -0.1) is 5.10 Å². The molecule has 0 aliphatic rings. The number of tetrazole rings is 1. The normalized spacial score (nSPS) is 10.3. The Balaban J connectivity index is 1.87. The molecule has 8 nitrogen and oxygen atoms in total. The summed E-state index contributed by atoms with van der Waals surface area (Å²) in [5, 5.41) is 13.8. The molecule has 1 aromatic carbocycles. The molecular weight excluding hydrogens is 331 g/mol. The molecule has 2 aromatic rings. The highest BCUT2D eigenvalue weighted by atomic mass is 35.5. The molecule has 2 amide bonds. The van der Waals surface area contributed by atoms with Crippen LogP contribution in [0.2, 0.25) is 10.0 Å². The van der Waals surface area contributed by atoms with Gasteiger partial charge in [0, 0.05) is 12.7 Å². The van der Waals surface area contributed by atoms with Crippen molar-refractivity contribution in [3.05, 3.63) is 34.6 Å². The second kappa shape index (κ2) is 7.19. The maximum atomic E-state index is 11.9. The van der Waals surface area contributed by atoms with Crippen molar-refractivity contribution in [1.29, 1.82) is 0 Å². The minimum absolute atomic E-state index is 0.0381. The lowest BCUT2D eigenvalue weighted by molar-refractivity contribution is -0.134. The molecule has 0 atom stereocenters. The van der Waals surface area contributed by atoms with Gasteiger partial charge in [0.1, 0.15) is 12.9 Å². The van der Waals surface area contributed by atoms with Crippen LogP contribution in [0.3, 0.4) is 0 Å². The Morgan fingerprint density at radius 1 is 1.32 bits per heavy atom. The number of halogens is 2. The molecule has 0 spiro atoms. The summed E-state index contributed by atoms with van der Waals surface area (Å²) in [4.78, 5) is 25.1. The van der Waals surface area contributed by atoms with Gasteiger partial charge in [-0.25, -0.2) is 4.68 Å². The number of anilines is 1. The summed E-state index contributed by atoms with van der Waals surface area (Å²) in [6.07, 6.45) is 1.32. The number of hydrogen-bond acceptors (Lipinski definition) is 5. The van der Waals surface area contributed by atoms with Crippen molar-refractivity contribution in [2.75, 3.05) is 18.9 Å². The number of nitrogens with one attached hydrogen (secondary N) is 1. The molecule has 0 fully saturated rings. The van der Waals surface area contributed by atoms with E-state index in [9.17, 15) is 9.59 Å². The van der Waals surface area contributed by atoms with Gasteiger partial charge in [-0.05, 0) is 28.6 Å². The highest BCUT2D eigenvalue weighted by molar-refractivity contribution is 6.42. The topological polar surface area (TPSA) is 93.0 Å². The Hall–Kier alpha value is -2.19. The molecule has 1 N–H and O–H groups in total. The fraction of sp³-hybridized carbons (Fsp3) is 0.250. The Morgan fingerprint density at radius 2 is 2.09 bits per heavy atom. The summed E-state index contributed by atoms with van der Waals surface area (Å²) < 4.78 is 1.27. The minimum atomic E-state index is -0.356. The third-order valence-electron chi connectivity index (χ3n) is 2.70. The summed E-state index contributed by atoms with van der Waals surface area (Å²) in [5.41, 5.74) is 0.501. The van der Waals surface area contributed by atoms with E-state index in [0.717, 1.165) is 0 Å². The number of rotatable bonds is 5. The lowest BCUT2D eigenvalue weighted by Crippen LogP contribution is -2.37. The van der Waals surface area contributed by atoms with Gasteiger partial charge in [0.15, 0.2) is 0 Å². The van der Waals surface area contributed by atoms with Crippen LogP contribution in [0, 0.1) is 0 Å². The van der Waals surface area contributed by atoms with E-state index in [1.54, 1.807) is 12.1 Å². The maximum absolute atomic E-state index is 11.9. The number of benzene rings is 1. The number of nitrogens with zero attached hydrogens (tertiary/aromatic N) is 5. The third-order valence-corrected chi connectivity index (χ3v) is 3.44. The van der Waals surface area contributed by atoms with Crippen LogP contribution in [0.5, 0.6) is 0 Å². The first-order valence-electron chi connectivity index (χ1n) is 6.15. The van der Waals surface area contributed by atoms with Crippen LogP contribution in [0.1, 0.15) is 0 Å². The summed E-state index contributed by atoms with van der Waals surface area (Å²) in [7, 11) is 1.51. The largest absolute Gasteiger partial charge is 0.335 e. The second-order valence-electron chi connectivity index (χ2n) is 4.43. The van der Waals surface area contributed by atoms with E-state index in [0.29, 0.717) is 15.7 Å².